The van der Waals surface area contributed by atoms with Gasteiger partial charge < -0.3 is 10.6 Å². The summed E-state index contributed by atoms with van der Waals surface area (Å²) in [6, 6.07) is 10.9. The molecule has 1 aromatic rings. The molecular weight excluding hydrogens is 236 g/mol. The second kappa shape index (κ2) is 7.29. The lowest BCUT2D eigenvalue weighted by atomic mass is 10.0. The summed E-state index contributed by atoms with van der Waals surface area (Å²) in [6.07, 6.45) is 5.31. The predicted octanol–water partition coefficient (Wildman–Crippen LogP) is 2.27. The summed E-state index contributed by atoms with van der Waals surface area (Å²) in [5.41, 5.74) is 1.36. The average Bonchev–Trinajstić information content (AvgIpc) is 2.63. The molecule has 0 aliphatic carbocycles. The monoisotopic (exact) mass is 260 g/mol. The second-order valence-electron chi connectivity index (χ2n) is 5.43. The zero-order valence-corrected chi connectivity index (χ0v) is 11.7. The Morgan fingerprint density at radius 3 is 2.89 bits per heavy atom. The molecule has 0 saturated carbocycles. The van der Waals surface area contributed by atoms with Gasteiger partial charge in [0.05, 0.1) is 6.04 Å². The van der Waals surface area contributed by atoms with Crippen LogP contribution in [0.3, 0.4) is 0 Å². The highest BCUT2D eigenvalue weighted by molar-refractivity contribution is 5.81. The molecule has 0 spiro atoms. The Balaban J connectivity index is 1.77. The minimum absolute atomic E-state index is 0.00623. The van der Waals surface area contributed by atoms with Crippen LogP contribution in [0.15, 0.2) is 30.3 Å². The molecule has 0 aromatic heterocycles. The fourth-order valence-electron chi connectivity index (χ4n) is 2.55. The lowest BCUT2D eigenvalue weighted by Crippen LogP contribution is -2.46. The Bertz CT molecular complexity index is 391. The van der Waals surface area contributed by atoms with Crippen LogP contribution in [0.4, 0.5) is 0 Å². The summed E-state index contributed by atoms with van der Waals surface area (Å²) in [4.78, 5) is 11.9. The van der Waals surface area contributed by atoms with Gasteiger partial charge in [-0.2, -0.15) is 0 Å². The molecule has 2 atom stereocenters. The van der Waals surface area contributed by atoms with Gasteiger partial charge in [0.25, 0.3) is 0 Å². The molecule has 3 heteroatoms. The number of carbonyl (C=O) groups is 1. The molecule has 104 valence electrons. The topological polar surface area (TPSA) is 41.1 Å². The van der Waals surface area contributed by atoms with Crippen LogP contribution in [0.1, 0.15) is 38.2 Å². The molecule has 0 bridgehead atoms. The van der Waals surface area contributed by atoms with Crippen molar-refractivity contribution in [3.8, 4) is 0 Å². The lowest BCUT2D eigenvalue weighted by molar-refractivity contribution is -0.123. The van der Waals surface area contributed by atoms with Gasteiger partial charge in [-0.1, -0.05) is 30.3 Å². The number of hydrogen-bond donors (Lipinski definition) is 2. The number of aryl methyl sites for hydroxylation is 1. The average molecular weight is 260 g/mol. The van der Waals surface area contributed by atoms with E-state index < -0.39 is 0 Å². The molecule has 3 nitrogen and oxygen atoms in total. The van der Waals surface area contributed by atoms with Crippen LogP contribution in [0, 0.1) is 0 Å². The molecule has 0 radical (unpaired) electrons. The van der Waals surface area contributed by atoms with Crippen LogP contribution >= 0.6 is 0 Å². The first kappa shape index (κ1) is 14.1. The molecule has 1 heterocycles. The molecule has 1 saturated heterocycles. The van der Waals surface area contributed by atoms with E-state index >= 15 is 0 Å². The highest BCUT2D eigenvalue weighted by Crippen LogP contribution is 2.09. The number of amides is 1. The van der Waals surface area contributed by atoms with Crippen molar-refractivity contribution in [3.05, 3.63) is 35.9 Å². The lowest BCUT2D eigenvalue weighted by Gasteiger charge is -2.21. The molecule has 2 N–H and O–H groups in total. The minimum Gasteiger partial charge on any atom is -0.355 e. The van der Waals surface area contributed by atoms with Gasteiger partial charge >= 0.3 is 0 Å². The summed E-state index contributed by atoms with van der Waals surface area (Å²) in [7, 11) is 0. The van der Waals surface area contributed by atoms with Gasteiger partial charge in [-0.25, -0.2) is 0 Å². The van der Waals surface area contributed by atoms with E-state index in [1.165, 1.54) is 5.56 Å². The Labute approximate surface area is 115 Å². The van der Waals surface area contributed by atoms with Crippen molar-refractivity contribution in [2.45, 2.75) is 51.1 Å². The van der Waals surface area contributed by atoms with Gasteiger partial charge in [0.2, 0.25) is 5.91 Å². The summed E-state index contributed by atoms with van der Waals surface area (Å²) in [6.45, 7) is 3.00. The molecule has 1 aromatic carbocycles. The molecule has 1 aliphatic rings. The zero-order chi connectivity index (χ0) is 13.5. The van der Waals surface area contributed by atoms with Crippen LogP contribution in [0.2, 0.25) is 0 Å². The van der Waals surface area contributed by atoms with Gasteiger partial charge in [-0.3, -0.25) is 4.79 Å². The smallest absolute Gasteiger partial charge is 0.237 e. The van der Waals surface area contributed by atoms with Gasteiger partial charge in [-0.05, 0) is 44.6 Å². The first-order valence-corrected chi connectivity index (χ1v) is 7.33. The van der Waals surface area contributed by atoms with E-state index in [4.69, 9.17) is 0 Å². The molecule has 1 fully saturated rings. The third kappa shape index (κ3) is 4.67. The van der Waals surface area contributed by atoms with E-state index in [-0.39, 0.29) is 11.9 Å². The van der Waals surface area contributed by atoms with Gasteiger partial charge in [0.15, 0.2) is 0 Å². The van der Waals surface area contributed by atoms with Crippen LogP contribution < -0.4 is 10.6 Å². The SMILES string of the molecule is C[C@H](CCc1ccccc1)N[C@H]1CCCCNC1=O. The van der Waals surface area contributed by atoms with Crippen molar-refractivity contribution in [2.24, 2.45) is 0 Å². The summed E-state index contributed by atoms with van der Waals surface area (Å²) < 4.78 is 0. The van der Waals surface area contributed by atoms with Crippen molar-refractivity contribution in [3.63, 3.8) is 0 Å². The highest BCUT2D eigenvalue weighted by Gasteiger charge is 2.21. The Hall–Kier alpha value is -1.35. The van der Waals surface area contributed by atoms with Crippen LogP contribution in [-0.2, 0) is 11.2 Å². The van der Waals surface area contributed by atoms with Crippen molar-refractivity contribution >= 4 is 5.91 Å². The molecule has 2 rings (SSSR count). The molecular formula is C16H24N2O. The van der Waals surface area contributed by atoms with Crippen LogP contribution in [0.5, 0.6) is 0 Å². The zero-order valence-electron chi connectivity index (χ0n) is 11.7. The standard InChI is InChI=1S/C16H24N2O/c1-13(10-11-14-7-3-2-4-8-14)18-15-9-5-6-12-17-16(15)19/h2-4,7-8,13,15,18H,5-6,9-12H2,1H3,(H,17,19)/t13-,15+/m1/s1. The quantitative estimate of drug-likeness (QED) is 0.852. The maximum atomic E-state index is 11.9. The largest absolute Gasteiger partial charge is 0.355 e. The van der Waals surface area contributed by atoms with E-state index in [1.807, 2.05) is 6.07 Å². The van der Waals surface area contributed by atoms with Crippen molar-refractivity contribution in [1.82, 2.24) is 10.6 Å². The normalized spacial score (nSPS) is 21.5. The fraction of sp³-hybridized carbons (Fsp3) is 0.562. The van der Waals surface area contributed by atoms with E-state index in [0.717, 1.165) is 38.6 Å². The molecule has 1 amide bonds. The second-order valence-corrected chi connectivity index (χ2v) is 5.43. The minimum atomic E-state index is -0.00623. The Morgan fingerprint density at radius 2 is 2.11 bits per heavy atom. The maximum Gasteiger partial charge on any atom is 0.237 e. The van der Waals surface area contributed by atoms with E-state index in [9.17, 15) is 4.79 Å². The van der Waals surface area contributed by atoms with E-state index in [0.29, 0.717) is 6.04 Å². The first-order valence-electron chi connectivity index (χ1n) is 7.33. The number of rotatable bonds is 5. The third-order valence-corrected chi connectivity index (χ3v) is 3.73. The van der Waals surface area contributed by atoms with Crippen LogP contribution in [0.25, 0.3) is 0 Å². The Kier molecular flexibility index (Phi) is 5.40. The van der Waals surface area contributed by atoms with Gasteiger partial charge in [0, 0.05) is 12.6 Å². The molecule has 0 unspecified atom stereocenters. The van der Waals surface area contributed by atoms with Crippen molar-refractivity contribution in [1.29, 1.82) is 0 Å². The van der Waals surface area contributed by atoms with Crippen molar-refractivity contribution in [2.75, 3.05) is 6.54 Å². The molecule has 1 aliphatic heterocycles. The van der Waals surface area contributed by atoms with Gasteiger partial charge in [-0.15, -0.1) is 0 Å². The number of carbonyl (C=O) groups excluding carboxylic acids is 1. The number of benzene rings is 1. The van der Waals surface area contributed by atoms with Gasteiger partial charge in [0.1, 0.15) is 0 Å². The number of hydrogen-bond acceptors (Lipinski definition) is 2. The third-order valence-electron chi connectivity index (χ3n) is 3.73. The van der Waals surface area contributed by atoms with E-state index in [2.05, 4.69) is 41.8 Å². The summed E-state index contributed by atoms with van der Waals surface area (Å²) in [5.74, 6) is 0.170. The predicted molar refractivity (Wildman–Crippen MR) is 78.0 cm³/mol. The molecule has 19 heavy (non-hydrogen) atoms. The number of nitrogens with one attached hydrogen (secondary N) is 2. The summed E-state index contributed by atoms with van der Waals surface area (Å²) in [5, 5.41) is 6.44. The first-order chi connectivity index (χ1) is 9.25. The van der Waals surface area contributed by atoms with Crippen LogP contribution in [-0.4, -0.2) is 24.5 Å². The fourth-order valence-corrected chi connectivity index (χ4v) is 2.55. The maximum absolute atomic E-state index is 11.9. The highest BCUT2D eigenvalue weighted by atomic mass is 16.2. The summed E-state index contributed by atoms with van der Waals surface area (Å²) >= 11 is 0. The Morgan fingerprint density at radius 1 is 1.32 bits per heavy atom. The van der Waals surface area contributed by atoms with E-state index in [1.54, 1.807) is 0 Å². The van der Waals surface area contributed by atoms with Crippen molar-refractivity contribution < 1.29 is 4.79 Å².